The van der Waals surface area contributed by atoms with E-state index in [1.54, 1.807) is 24.3 Å². The average Bonchev–Trinajstić information content (AvgIpc) is 2.59. The van der Waals surface area contributed by atoms with Gasteiger partial charge in [-0.15, -0.1) is 0 Å². The maximum absolute atomic E-state index is 12.7. The minimum atomic E-state index is -4.45. The normalized spacial score (nSPS) is 13.0. The fourth-order valence-electron chi connectivity index (χ4n) is 2.26. The van der Waals surface area contributed by atoms with E-state index in [1.165, 1.54) is 12.1 Å². The number of benzene rings is 2. The molecule has 1 atom stereocenters. The summed E-state index contributed by atoms with van der Waals surface area (Å²) in [6, 6.07) is 12.6. The van der Waals surface area contributed by atoms with Crippen molar-refractivity contribution in [2.75, 3.05) is 12.9 Å². The predicted molar refractivity (Wildman–Crippen MR) is 91.4 cm³/mol. The Labute approximate surface area is 155 Å². The summed E-state index contributed by atoms with van der Waals surface area (Å²) in [7, 11) is -3.63. The number of hydrogen-bond acceptors (Lipinski definition) is 5. The Balaban J connectivity index is 2.19. The molecule has 0 saturated heterocycles. The van der Waals surface area contributed by atoms with Crippen LogP contribution in [0, 0.1) is 11.3 Å². The van der Waals surface area contributed by atoms with Gasteiger partial charge in [0.1, 0.15) is 11.9 Å². The first-order chi connectivity index (χ1) is 12.6. The molecule has 0 N–H and O–H groups in total. The van der Waals surface area contributed by atoms with Crippen molar-refractivity contribution in [1.82, 2.24) is 0 Å². The number of hydrogen-bond donors (Lipinski definition) is 0. The Kier molecular flexibility index (Phi) is 6.46. The lowest BCUT2D eigenvalue weighted by Gasteiger charge is -2.20. The van der Waals surface area contributed by atoms with Crippen LogP contribution in [0.15, 0.2) is 48.5 Å². The molecule has 2 aromatic rings. The van der Waals surface area contributed by atoms with Gasteiger partial charge < -0.3 is 4.74 Å². The zero-order chi connectivity index (χ0) is 20.1. The monoisotopic (exact) mass is 399 g/mol. The highest BCUT2D eigenvalue weighted by atomic mass is 32.2. The van der Waals surface area contributed by atoms with Crippen molar-refractivity contribution >= 4 is 10.1 Å². The van der Waals surface area contributed by atoms with Gasteiger partial charge in [0.05, 0.1) is 30.1 Å². The van der Waals surface area contributed by atoms with Crippen LogP contribution in [0.5, 0.6) is 5.75 Å². The van der Waals surface area contributed by atoms with Crippen molar-refractivity contribution in [2.24, 2.45) is 0 Å². The van der Waals surface area contributed by atoms with Gasteiger partial charge in [-0.25, -0.2) is 0 Å². The Morgan fingerprint density at radius 3 is 2.15 bits per heavy atom. The van der Waals surface area contributed by atoms with Crippen molar-refractivity contribution in [3.8, 4) is 11.8 Å². The molecule has 0 bridgehead atoms. The fraction of sp³-hybridized carbons (Fsp3) is 0.278. The van der Waals surface area contributed by atoms with Crippen LogP contribution in [0.2, 0.25) is 0 Å². The molecular weight excluding hydrogens is 383 g/mol. The molecule has 9 heteroatoms. The molecule has 0 fully saturated rings. The number of ether oxygens (including phenoxy) is 1. The van der Waals surface area contributed by atoms with Gasteiger partial charge in [-0.3, -0.25) is 4.18 Å². The maximum atomic E-state index is 12.7. The molecule has 0 aliphatic carbocycles. The van der Waals surface area contributed by atoms with Crippen molar-refractivity contribution < 1.29 is 30.5 Å². The van der Waals surface area contributed by atoms with E-state index in [1.807, 2.05) is 6.07 Å². The predicted octanol–water partition coefficient (Wildman–Crippen LogP) is 4.06. The number of nitrogens with zero attached hydrogens (tertiary/aromatic N) is 1. The lowest BCUT2D eigenvalue weighted by Crippen LogP contribution is -2.13. The molecule has 0 amide bonds. The van der Waals surface area contributed by atoms with Gasteiger partial charge in [-0.05, 0) is 42.0 Å². The molecule has 1 unspecified atom stereocenters. The molecule has 0 aromatic heterocycles. The van der Waals surface area contributed by atoms with Crippen molar-refractivity contribution in [2.45, 2.75) is 18.7 Å². The molecule has 0 heterocycles. The highest BCUT2D eigenvalue weighted by Gasteiger charge is 2.30. The molecular formula is C18H16F3NO4S. The van der Waals surface area contributed by atoms with Gasteiger partial charge in [0.2, 0.25) is 0 Å². The van der Waals surface area contributed by atoms with Crippen molar-refractivity contribution in [1.29, 1.82) is 5.26 Å². The van der Waals surface area contributed by atoms with E-state index in [4.69, 9.17) is 14.2 Å². The van der Waals surface area contributed by atoms with Crippen molar-refractivity contribution in [3.05, 3.63) is 65.2 Å². The molecule has 2 rings (SSSR count). The second-order valence-electron chi connectivity index (χ2n) is 5.68. The molecule has 0 aliphatic heterocycles. The zero-order valence-electron chi connectivity index (χ0n) is 14.2. The molecule has 2 aromatic carbocycles. The Morgan fingerprint density at radius 2 is 1.67 bits per heavy atom. The number of nitriles is 1. The first kappa shape index (κ1) is 20.7. The average molecular weight is 399 g/mol. The van der Waals surface area contributed by atoms with Gasteiger partial charge in [-0.2, -0.15) is 26.9 Å². The molecule has 0 radical (unpaired) electrons. The topological polar surface area (TPSA) is 76.4 Å². The van der Waals surface area contributed by atoms with Gasteiger partial charge in [0, 0.05) is 6.42 Å². The second kappa shape index (κ2) is 8.41. The van der Waals surface area contributed by atoms with Gasteiger partial charge in [-0.1, -0.05) is 12.1 Å². The first-order valence-electron chi connectivity index (χ1n) is 7.77. The van der Waals surface area contributed by atoms with E-state index in [0.717, 1.165) is 18.4 Å². The molecule has 0 saturated carbocycles. The molecule has 144 valence electrons. The standard InChI is InChI=1S/C18H16F3NO4S/c1-27(23,24)25-11-10-17(14-4-2-13(12-22)3-5-14)26-16-8-6-15(7-9-16)18(19,20)21/h2-9,17H,10-11H2,1H3. The van der Waals surface area contributed by atoms with Crippen LogP contribution in [0.25, 0.3) is 0 Å². The van der Waals surface area contributed by atoms with E-state index >= 15 is 0 Å². The van der Waals surface area contributed by atoms with E-state index in [0.29, 0.717) is 11.1 Å². The number of halogens is 3. The minimum absolute atomic E-state index is 0.139. The fourth-order valence-corrected chi connectivity index (χ4v) is 2.66. The summed E-state index contributed by atoms with van der Waals surface area (Å²) in [4.78, 5) is 0. The van der Waals surface area contributed by atoms with Gasteiger partial charge >= 0.3 is 6.18 Å². The summed E-state index contributed by atoms with van der Waals surface area (Å²) >= 11 is 0. The zero-order valence-corrected chi connectivity index (χ0v) is 15.0. The highest BCUT2D eigenvalue weighted by Crippen LogP contribution is 2.32. The third-order valence-corrected chi connectivity index (χ3v) is 4.14. The second-order valence-corrected chi connectivity index (χ2v) is 7.32. The summed E-state index contributed by atoms with van der Waals surface area (Å²) < 4.78 is 70.7. The largest absolute Gasteiger partial charge is 0.486 e. The Hall–Kier alpha value is -2.57. The molecule has 0 aliphatic rings. The molecule has 27 heavy (non-hydrogen) atoms. The van der Waals surface area contributed by atoms with Crippen LogP contribution in [-0.2, 0) is 20.5 Å². The summed E-state index contributed by atoms with van der Waals surface area (Å²) in [5.74, 6) is 0.191. The van der Waals surface area contributed by atoms with Crippen LogP contribution in [0.4, 0.5) is 13.2 Å². The molecule has 0 spiro atoms. The maximum Gasteiger partial charge on any atom is 0.416 e. The summed E-state index contributed by atoms with van der Waals surface area (Å²) in [5.41, 5.74) is 0.260. The van der Waals surface area contributed by atoms with Gasteiger partial charge in [0.15, 0.2) is 0 Å². The Bertz CT molecular complexity index is 902. The number of rotatable bonds is 7. The number of alkyl halides is 3. The lowest BCUT2D eigenvalue weighted by molar-refractivity contribution is -0.137. The van der Waals surface area contributed by atoms with E-state index < -0.39 is 28.0 Å². The van der Waals surface area contributed by atoms with Crippen LogP contribution >= 0.6 is 0 Å². The summed E-state index contributed by atoms with van der Waals surface area (Å²) in [6.45, 7) is -0.163. The van der Waals surface area contributed by atoms with Crippen molar-refractivity contribution in [3.63, 3.8) is 0 Å². The summed E-state index contributed by atoms with van der Waals surface area (Å²) in [6.07, 6.45) is -4.06. The van der Waals surface area contributed by atoms with E-state index in [2.05, 4.69) is 0 Å². The van der Waals surface area contributed by atoms with Crippen LogP contribution in [-0.4, -0.2) is 21.3 Å². The minimum Gasteiger partial charge on any atom is -0.486 e. The smallest absolute Gasteiger partial charge is 0.416 e. The van der Waals surface area contributed by atoms with Crippen LogP contribution in [0.1, 0.15) is 29.2 Å². The highest BCUT2D eigenvalue weighted by molar-refractivity contribution is 7.85. The van der Waals surface area contributed by atoms with E-state index in [-0.39, 0.29) is 18.8 Å². The Morgan fingerprint density at radius 1 is 1.07 bits per heavy atom. The quantitative estimate of drug-likeness (QED) is 0.656. The van der Waals surface area contributed by atoms with Gasteiger partial charge in [0.25, 0.3) is 10.1 Å². The SMILES string of the molecule is CS(=O)(=O)OCCC(Oc1ccc(C(F)(F)F)cc1)c1ccc(C#N)cc1. The first-order valence-corrected chi connectivity index (χ1v) is 9.58. The molecule has 5 nitrogen and oxygen atoms in total. The van der Waals surface area contributed by atoms with Crippen LogP contribution in [0.3, 0.4) is 0 Å². The third kappa shape index (κ3) is 6.58. The summed E-state index contributed by atoms with van der Waals surface area (Å²) in [5, 5.41) is 8.87. The lowest BCUT2D eigenvalue weighted by atomic mass is 10.0. The van der Waals surface area contributed by atoms with Crippen LogP contribution < -0.4 is 4.74 Å². The third-order valence-electron chi connectivity index (χ3n) is 3.55. The van der Waals surface area contributed by atoms with E-state index in [9.17, 15) is 21.6 Å².